The van der Waals surface area contributed by atoms with Crippen LogP contribution in [0, 0.1) is 11.7 Å². The van der Waals surface area contributed by atoms with Crippen LogP contribution in [0.5, 0.6) is 0 Å². The molecule has 2 aliphatic rings. The fourth-order valence-electron chi connectivity index (χ4n) is 3.93. The molecule has 1 saturated heterocycles. The topological polar surface area (TPSA) is 58.6 Å². The summed E-state index contributed by atoms with van der Waals surface area (Å²) in [4.78, 5) is 27.5. The average Bonchev–Trinajstić information content (AvgIpc) is 2.74. The van der Waals surface area contributed by atoms with E-state index in [9.17, 15) is 14.0 Å². The molecule has 0 aromatic heterocycles. The van der Waals surface area contributed by atoms with Crippen LogP contribution >= 0.6 is 0 Å². The van der Waals surface area contributed by atoms with E-state index in [1.807, 2.05) is 23.1 Å². The smallest absolute Gasteiger partial charge is 0.255 e. The van der Waals surface area contributed by atoms with Crippen molar-refractivity contribution >= 4 is 23.2 Å². The molecule has 6 heteroatoms. The van der Waals surface area contributed by atoms with Crippen molar-refractivity contribution in [1.29, 1.82) is 0 Å². The lowest BCUT2D eigenvalue weighted by molar-refractivity contribution is -0.125. The van der Waals surface area contributed by atoms with Gasteiger partial charge in [0.05, 0.1) is 0 Å². The van der Waals surface area contributed by atoms with E-state index in [1.54, 1.807) is 0 Å². The van der Waals surface area contributed by atoms with Gasteiger partial charge in [-0.05, 0) is 67.6 Å². The molecule has 28 heavy (non-hydrogen) atoms. The Labute approximate surface area is 163 Å². The zero-order chi connectivity index (χ0) is 19.5. The Morgan fingerprint density at radius 2 is 1.82 bits per heavy atom. The molecule has 0 aliphatic carbocycles. The minimum atomic E-state index is -0.379. The highest BCUT2D eigenvalue weighted by molar-refractivity contribution is 6.05. The van der Waals surface area contributed by atoms with Gasteiger partial charge in [-0.1, -0.05) is 6.07 Å². The minimum absolute atomic E-state index is 0.00263. The Hall–Kier alpha value is -2.73. The van der Waals surface area contributed by atoms with Gasteiger partial charge in [0.25, 0.3) is 5.91 Å². The number of hydrogen-bond acceptors (Lipinski definition) is 3. The molecule has 5 nitrogen and oxygen atoms in total. The third kappa shape index (κ3) is 3.78. The molecular formula is C22H23FN2O3. The van der Waals surface area contributed by atoms with Gasteiger partial charge in [-0.25, -0.2) is 4.39 Å². The number of anilines is 2. The minimum Gasteiger partial charge on any atom is -0.381 e. The maximum absolute atomic E-state index is 13.1. The number of rotatable bonds is 3. The summed E-state index contributed by atoms with van der Waals surface area (Å²) in [5, 5.41) is 2.93. The summed E-state index contributed by atoms with van der Waals surface area (Å²) in [6.07, 6.45) is 3.16. The fourth-order valence-corrected chi connectivity index (χ4v) is 3.93. The van der Waals surface area contributed by atoms with Crippen LogP contribution in [0.25, 0.3) is 0 Å². The van der Waals surface area contributed by atoms with Gasteiger partial charge in [-0.15, -0.1) is 0 Å². The Kier molecular flexibility index (Phi) is 5.39. The number of ether oxygens (including phenoxy) is 1. The maximum Gasteiger partial charge on any atom is 0.255 e. The summed E-state index contributed by atoms with van der Waals surface area (Å²) in [5.41, 5.74) is 2.95. The Morgan fingerprint density at radius 1 is 1.07 bits per heavy atom. The number of benzene rings is 2. The van der Waals surface area contributed by atoms with Crippen LogP contribution in [-0.4, -0.2) is 31.6 Å². The van der Waals surface area contributed by atoms with Gasteiger partial charge in [0.2, 0.25) is 5.91 Å². The van der Waals surface area contributed by atoms with Crippen molar-refractivity contribution in [2.45, 2.75) is 25.7 Å². The van der Waals surface area contributed by atoms with Gasteiger partial charge in [0, 0.05) is 42.6 Å². The van der Waals surface area contributed by atoms with Crippen molar-refractivity contribution in [1.82, 2.24) is 0 Å². The monoisotopic (exact) mass is 382 g/mol. The third-order valence-electron chi connectivity index (χ3n) is 5.44. The molecule has 1 N–H and O–H groups in total. The molecule has 0 atom stereocenters. The molecule has 1 fully saturated rings. The second-order valence-corrected chi connectivity index (χ2v) is 7.24. The quantitative estimate of drug-likeness (QED) is 0.879. The first kappa shape index (κ1) is 18.6. The lowest BCUT2D eigenvalue weighted by Gasteiger charge is -2.34. The van der Waals surface area contributed by atoms with E-state index in [0.29, 0.717) is 31.0 Å². The van der Waals surface area contributed by atoms with Crippen LogP contribution in [0.4, 0.5) is 15.8 Å². The number of carbonyl (C=O) groups excluding carboxylic acids is 2. The van der Waals surface area contributed by atoms with Gasteiger partial charge < -0.3 is 15.0 Å². The van der Waals surface area contributed by atoms with E-state index in [1.165, 1.54) is 24.3 Å². The van der Waals surface area contributed by atoms with E-state index in [-0.39, 0.29) is 23.5 Å². The first-order chi connectivity index (χ1) is 13.6. The third-order valence-corrected chi connectivity index (χ3v) is 5.44. The predicted molar refractivity (Wildman–Crippen MR) is 105 cm³/mol. The summed E-state index contributed by atoms with van der Waals surface area (Å²) in [6, 6.07) is 11.1. The standard InChI is InChI=1S/C22H23FN2O3/c23-17-8-6-15(7-9-17)21(26)24-19-4-1-5-20-18(19)3-2-12-25(20)22(27)16-10-13-28-14-11-16/h1,4-9,16H,2-3,10-14H2,(H,24,26). The number of nitrogens with one attached hydrogen (secondary N) is 1. The van der Waals surface area contributed by atoms with Crippen molar-refractivity contribution in [2.75, 3.05) is 30.0 Å². The Morgan fingerprint density at radius 3 is 2.57 bits per heavy atom. The van der Waals surface area contributed by atoms with Crippen LogP contribution < -0.4 is 10.2 Å². The molecule has 2 amide bonds. The zero-order valence-corrected chi connectivity index (χ0v) is 15.6. The number of carbonyl (C=O) groups is 2. The molecule has 0 radical (unpaired) electrons. The van der Waals surface area contributed by atoms with E-state index >= 15 is 0 Å². The first-order valence-corrected chi connectivity index (χ1v) is 9.71. The summed E-state index contributed by atoms with van der Waals surface area (Å²) in [6.45, 7) is 1.95. The van der Waals surface area contributed by atoms with Crippen molar-refractivity contribution in [2.24, 2.45) is 5.92 Å². The van der Waals surface area contributed by atoms with Gasteiger partial charge >= 0.3 is 0 Å². The lowest BCUT2D eigenvalue weighted by Crippen LogP contribution is -2.41. The van der Waals surface area contributed by atoms with Gasteiger partial charge in [0.15, 0.2) is 0 Å². The van der Waals surface area contributed by atoms with Crippen molar-refractivity contribution < 1.29 is 18.7 Å². The van der Waals surface area contributed by atoms with Crippen LogP contribution in [0.15, 0.2) is 42.5 Å². The predicted octanol–water partition coefficient (Wildman–Crippen LogP) is 3.78. The van der Waals surface area contributed by atoms with Crippen molar-refractivity contribution in [3.63, 3.8) is 0 Å². The molecule has 2 heterocycles. The highest BCUT2D eigenvalue weighted by atomic mass is 19.1. The molecular weight excluding hydrogens is 359 g/mol. The lowest BCUT2D eigenvalue weighted by atomic mass is 9.94. The van der Waals surface area contributed by atoms with E-state index in [4.69, 9.17) is 4.74 Å². The number of fused-ring (bicyclic) bond motifs is 1. The largest absolute Gasteiger partial charge is 0.381 e. The number of nitrogens with zero attached hydrogens (tertiary/aromatic N) is 1. The van der Waals surface area contributed by atoms with Crippen LogP contribution in [-0.2, 0) is 16.0 Å². The molecule has 0 unspecified atom stereocenters. The van der Waals surface area contributed by atoms with E-state index in [0.717, 1.165) is 36.9 Å². The summed E-state index contributed by atoms with van der Waals surface area (Å²) >= 11 is 0. The molecule has 2 aliphatic heterocycles. The average molecular weight is 382 g/mol. The van der Waals surface area contributed by atoms with Gasteiger partial charge in [-0.3, -0.25) is 9.59 Å². The second kappa shape index (κ2) is 8.10. The van der Waals surface area contributed by atoms with E-state index in [2.05, 4.69) is 5.32 Å². The number of amides is 2. The normalized spacial score (nSPS) is 17.1. The Bertz CT molecular complexity index is 876. The molecule has 0 bridgehead atoms. The Balaban J connectivity index is 1.57. The van der Waals surface area contributed by atoms with Crippen molar-refractivity contribution in [3.8, 4) is 0 Å². The highest BCUT2D eigenvalue weighted by Crippen LogP contribution is 2.35. The van der Waals surface area contributed by atoms with Gasteiger partial charge in [-0.2, -0.15) is 0 Å². The first-order valence-electron chi connectivity index (χ1n) is 9.71. The molecule has 4 rings (SSSR count). The molecule has 146 valence electrons. The summed E-state index contributed by atoms with van der Waals surface area (Å²) in [5.74, 6) is -0.527. The number of halogens is 1. The van der Waals surface area contributed by atoms with Crippen LogP contribution in [0.2, 0.25) is 0 Å². The highest BCUT2D eigenvalue weighted by Gasteiger charge is 2.30. The summed E-state index contributed by atoms with van der Waals surface area (Å²) < 4.78 is 18.5. The zero-order valence-electron chi connectivity index (χ0n) is 15.6. The summed E-state index contributed by atoms with van der Waals surface area (Å²) in [7, 11) is 0. The van der Waals surface area contributed by atoms with Crippen molar-refractivity contribution in [3.05, 3.63) is 59.4 Å². The SMILES string of the molecule is O=C(Nc1cccc2c1CCCN2C(=O)C1CCOCC1)c1ccc(F)cc1. The van der Waals surface area contributed by atoms with Gasteiger partial charge in [0.1, 0.15) is 5.82 Å². The number of hydrogen-bond donors (Lipinski definition) is 1. The molecule has 0 saturated carbocycles. The maximum atomic E-state index is 13.1. The fraction of sp³-hybridized carbons (Fsp3) is 0.364. The molecule has 2 aromatic rings. The van der Waals surface area contributed by atoms with Crippen LogP contribution in [0.1, 0.15) is 35.2 Å². The second-order valence-electron chi connectivity index (χ2n) is 7.24. The molecule has 2 aromatic carbocycles. The van der Waals surface area contributed by atoms with E-state index < -0.39 is 0 Å². The van der Waals surface area contributed by atoms with Crippen LogP contribution in [0.3, 0.4) is 0 Å². The molecule has 0 spiro atoms.